The molecule has 1 fully saturated rings. The minimum Gasteiger partial charge on any atom is -0.324 e. The molecule has 4 rings (SSSR count). The fourth-order valence-electron chi connectivity index (χ4n) is 4.27. The Morgan fingerprint density at radius 1 is 1.21 bits per heavy atom. The molecule has 1 spiro atoms. The lowest BCUT2D eigenvalue weighted by atomic mass is 9.76. The first kappa shape index (κ1) is 23.2. The molecule has 1 atom stereocenters. The number of fused-ring (bicyclic) bond motifs is 2. The highest BCUT2D eigenvalue weighted by Gasteiger charge is 2.54. The van der Waals surface area contributed by atoms with E-state index in [0.717, 1.165) is 33.2 Å². The van der Waals surface area contributed by atoms with Crippen LogP contribution in [0.1, 0.15) is 24.0 Å². The first-order valence-corrected chi connectivity index (χ1v) is 12.1. The van der Waals surface area contributed by atoms with Crippen molar-refractivity contribution in [1.29, 1.82) is 0 Å². The molecule has 33 heavy (non-hydrogen) atoms. The summed E-state index contributed by atoms with van der Waals surface area (Å²) in [5, 5.41) is 5.35. The number of urea groups is 1. The van der Waals surface area contributed by atoms with Crippen LogP contribution >= 0.6 is 11.6 Å². The standard InChI is InChI=1S/C22H23ClN4O5S/c1-26(2)33(31,32)18-12-15(9-10-17(18)23)24-19(28)13-27-20(29)22(25-21(27)30)11-5-7-14-6-3-4-8-16(14)22/h3-4,6,8-10,12H,5,7,11,13H2,1-2H3,(H,24,28)(H,25,30)/t22-/m0/s1. The van der Waals surface area contributed by atoms with Crippen molar-refractivity contribution in [1.82, 2.24) is 14.5 Å². The quantitative estimate of drug-likeness (QED) is 0.624. The Morgan fingerprint density at radius 2 is 1.94 bits per heavy atom. The topological polar surface area (TPSA) is 116 Å². The zero-order chi connectivity index (χ0) is 24.0. The van der Waals surface area contributed by atoms with Crippen LogP contribution < -0.4 is 10.6 Å². The first-order valence-electron chi connectivity index (χ1n) is 10.3. The van der Waals surface area contributed by atoms with Gasteiger partial charge in [0.25, 0.3) is 5.91 Å². The Hall–Kier alpha value is -2.95. The van der Waals surface area contributed by atoms with Crippen LogP contribution in [0.2, 0.25) is 5.02 Å². The smallest absolute Gasteiger partial charge is 0.324 e. The van der Waals surface area contributed by atoms with E-state index in [0.29, 0.717) is 6.42 Å². The third-order valence-electron chi connectivity index (χ3n) is 5.93. The van der Waals surface area contributed by atoms with Gasteiger partial charge in [0.15, 0.2) is 0 Å². The predicted molar refractivity (Wildman–Crippen MR) is 122 cm³/mol. The summed E-state index contributed by atoms with van der Waals surface area (Å²) < 4.78 is 25.9. The summed E-state index contributed by atoms with van der Waals surface area (Å²) in [5.41, 5.74) is 0.766. The number of halogens is 1. The van der Waals surface area contributed by atoms with Crippen molar-refractivity contribution in [3.05, 3.63) is 58.6 Å². The Morgan fingerprint density at radius 3 is 2.67 bits per heavy atom. The second-order valence-electron chi connectivity index (χ2n) is 8.22. The minimum atomic E-state index is -3.83. The average molecular weight is 491 g/mol. The van der Waals surface area contributed by atoms with E-state index < -0.39 is 40.0 Å². The number of amides is 4. The van der Waals surface area contributed by atoms with Crippen LogP contribution in [0, 0.1) is 0 Å². The van der Waals surface area contributed by atoms with Gasteiger partial charge in [0.05, 0.1) is 5.02 Å². The number of hydrogen-bond acceptors (Lipinski definition) is 5. The zero-order valence-electron chi connectivity index (χ0n) is 18.1. The van der Waals surface area contributed by atoms with Crippen LogP contribution in [0.15, 0.2) is 47.4 Å². The molecule has 2 aromatic rings. The molecule has 1 aliphatic heterocycles. The molecule has 9 nitrogen and oxygen atoms in total. The lowest BCUT2D eigenvalue weighted by Gasteiger charge is -2.33. The highest BCUT2D eigenvalue weighted by Crippen LogP contribution is 2.39. The highest BCUT2D eigenvalue weighted by atomic mass is 35.5. The summed E-state index contributed by atoms with van der Waals surface area (Å²) in [7, 11) is -1.09. The number of rotatable bonds is 5. The Labute approximate surface area is 196 Å². The van der Waals surface area contributed by atoms with E-state index in [2.05, 4.69) is 10.6 Å². The molecule has 0 radical (unpaired) electrons. The largest absolute Gasteiger partial charge is 0.325 e. The minimum absolute atomic E-state index is 0.00806. The summed E-state index contributed by atoms with van der Waals surface area (Å²) in [6.07, 6.45) is 2.00. The number of hydrogen-bond donors (Lipinski definition) is 2. The average Bonchev–Trinajstić information content (AvgIpc) is 3.00. The van der Waals surface area contributed by atoms with Gasteiger partial charge in [-0.25, -0.2) is 17.5 Å². The van der Waals surface area contributed by atoms with Crippen molar-refractivity contribution in [2.75, 3.05) is 26.0 Å². The van der Waals surface area contributed by atoms with Gasteiger partial charge in [0.2, 0.25) is 15.9 Å². The summed E-state index contributed by atoms with van der Waals surface area (Å²) >= 11 is 6.04. The monoisotopic (exact) mass is 490 g/mol. The van der Waals surface area contributed by atoms with Crippen molar-refractivity contribution in [2.24, 2.45) is 0 Å². The van der Waals surface area contributed by atoms with Crippen molar-refractivity contribution in [3.8, 4) is 0 Å². The van der Waals surface area contributed by atoms with E-state index in [-0.39, 0.29) is 15.6 Å². The van der Waals surface area contributed by atoms with Gasteiger partial charge in [-0.15, -0.1) is 0 Å². The number of nitrogens with one attached hydrogen (secondary N) is 2. The van der Waals surface area contributed by atoms with Gasteiger partial charge in [-0.1, -0.05) is 35.9 Å². The fourth-order valence-corrected chi connectivity index (χ4v) is 5.67. The fraction of sp³-hybridized carbons (Fsp3) is 0.318. The molecule has 1 heterocycles. The molecule has 4 amide bonds. The van der Waals surface area contributed by atoms with Crippen LogP contribution in [-0.2, 0) is 31.6 Å². The van der Waals surface area contributed by atoms with Gasteiger partial charge >= 0.3 is 6.03 Å². The maximum Gasteiger partial charge on any atom is 0.325 e. The van der Waals surface area contributed by atoms with Gasteiger partial charge in [0.1, 0.15) is 17.0 Å². The van der Waals surface area contributed by atoms with Crippen molar-refractivity contribution < 1.29 is 22.8 Å². The molecule has 0 bridgehead atoms. The Bertz CT molecular complexity index is 1260. The third kappa shape index (κ3) is 3.98. The first-order chi connectivity index (χ1) is 15.6. The summed E-state index contributed by atoms with van der Waals surface area (Å²) in [4.78, 5) is 39.4. The Balaban J connectivity index is 1.54. The molecule has 1 saturated heterocycles. The van der Waals surface area contributed by atoms with Gasteiger partial charge in [-0.05, 0) is 48.6 Å². The number of nitrogens with zero attached hydrogens (tertiary/aromatic N) is 2. The molecular formula is C22H23ClN4O5S. The molecule has 0 unspecified atom stereocenters. The lowest BCUT2D eigenvalue weighted by Crippen LogP contribution is -2.47. The van der Waals surface area contributed by atoms with E-state index in [1.165, 1.54) is 32.3 Å². The summed E-state index contributed by atoms with van der Waals surface area (Å²) in [6.45, 7) is -0.507. The van der Waals surface area contributed by atoms with Gasteiger partial charge in [-0.2, -0.15) is 0 Å². The number of imide groups is 1. The zero-order valence-corrected chi connectivity index (χ0v) is 19.7. The van der Waals surface area contributed by atoms with Crippen LogP contribution in [0.4, 0.5) is 10.5 Å². The number of carbonyl (C=O) groups excluding carboxylic acids is 3. The van der Waals surface area contributed by atoms with Crippen molar-refractivity contribution >= 4 is 45.2 Å². The maximum atomic E-state index is 13.3. The number of anilines is 1. The predicted octanol–water partition coefficient (Wildman–Crippen LogP) is 2.31. The SMILES string of the molecule is CN(C)S(=O)(=O)c1cc(NC(=O)CN2C(=O)N[C@]3(CCCc4ccccc43)C2=O)ccc1Cl. The number of benzene rings is 2. The molecule has 2 aromatic carbocycles. The van der Waals surface area contributed by atoms with Crippen molar-refractivity contribution in [3.63, 3.8) is 0 Å². The maximum absolute atomic E-state index is 13.3. The van der Waals surface area contributed by atoms with E-state index in [1.807, 2.05) is 24.3 Å². The normalized spacial score (nSPS) is 20.2. The number of carbonyl (C=O) groups is 3. The molecule has 11 heteroatoms. The number of aryl methyl sites for hydroxylation is 1. The Kier molecular flexibility index (Phi) is 5.94. The van der Waals surface area contributed by atoms with Gasteiger partial charge < -0.3 is 10.6 Å². The van der Waals surface area contributed by atoms with Crippen molar-refractivity contribution in [2.45, 2.75) is 29.7 Å². The van der Waals surface area contributed by atoms with E-state index in [1.54, 1.807) is 0 Å². The third-order valence-corrected chi connectivity index (χ3v) is 8.22. The second-order valence-corrected chi connectivity index (χ2v) is 10.7. The molecular weight excluding hydrogens is 468 g/mol. The highest BCUT2D eigenvalue weighted by molar-refractivity contribution is 7.89. The second kappa shape index (κ2) is 8.44. The van der Waals surface area contributed by atoms with Gasteiger partial charge in [-0.3, -0.25) is 14.5 Å². The summed E-state index contributed by atoms with van der Waals surface area (Å²) in [5.74, 6) is -1.11. The van der Waals surface area contributed by atoms with Gasteiger partial charge in [0, 0.05) is 19.8 Å². The lowest BCUT2D eigenvalue weighted by molar-refractivity contribution is -0.134. The molecule has 2 aliphatic rings. The molecule has 2 N–H and O–H groups in total. The van der Waals surface area contributed by atoms with E-state index in [9.17, 15) is 22.8 Å². The summed E-state index contributed by atoms with van der Waals surface area (Å²) in [6, 6.07) is 10.9. The van der Waals surface area contributed by atoms with Crippen LogP contribution in [-0.4, -0.2) is 56.1 Å². The molecule has 0 saturated carbocycles. The number of sulfonamides is 1. The van der Waals surface area contributed by atoms with E-state index >= 15 is 0 Å². The molecule has 174 valence electrons. The molecule has 1 aliphatic carbocycles. The van der Waals surface area contributed by atoms with Crippen LogP contribution in [0.3, 0.4) is 0 Å². The van der Waals surface area contributed by atoms with Crippen LogP contribution in [0.5, 0.6) is 0 Å². The molecule has 0 aromatic heterocycles. The van der Waals surface area contributed by atoms with Crippen LogP contribution in [0.25, 0.3) is 0 Å². The van der Waals surface area contributed by atoms with E-state index in [4.69, 9.17) is 11.6 Å².